The van der Waals surface area contributed by atoms with Crippen molar-refractivity contribution in [3.8, 4) is 0 Å². The summed E-state index contributed by atoms with van der Waals surface area (Å²) in [6.07, 6.45) is 6.47. The van der Waals surface area contributed by atoms with Crippen molar-refractivity contribution in [1.29, 1.82) is 0 Å². The average molecular weight is 348 g/mol. The largest absolute Gasteiger partial charge is 0.299 e. The fraction of sp³-hybridized carbons (Fsp3) is 0.583. The molecule has 1 aromatic heterocycles. The summed E-state index contributed by atoms with van der Waals surface area (Å²) in [5, 5.41) is 1.13. The first-order chi connectivity index (χ1) is 7.78. The molecule has 0 spiro atoms. The van der Waals surface area contributed by atoms with Crippen LogP contribution in [0.25, 0.3) is 0 Å². The highest BCUT2D eigenvalue weighted by Gasteiger charge is 2.18. The van der Waals surface area contributed by atoms with Gasteiger partial charge in [0.2, 0.25) is 0 Å². The minimum atomic E-state index is 0.814. The Morgan fingerprint density at radius 2 is 2.31 bits per heavy atom. The number of likely N-dealkylation sites (tertiary alicyclic amines) is 1. The summed E-state index contributed by atoms with van der Waals surface area (Å²) < 4.78 is 1.07. The Morgan fingerprint density at radius 1 is 1.44 bits per heavy atom. The van der Waals surface area contributed by atoms with Crippen LogP contribution in [0.5, 0.6) is 0 Å². The van der Waals surface area contributed by atoms with Crippen LogP contribution in [0.4, 0.5) is 0 Å². The molecule has 0 radical (unpaired) electrons. The minimum Gasteiger partial charge on any atom is -0.299 e. The monoisotopic (exact) mass is 346 g/mol. The molecule has 1 saturated heterocycles. The van der Waals surface area contributed by atoms with Crippen molar-refractivity contribution in [2.75, 3.05) is 18.4 Å². The van der Waals surface area contributed by atoms with E-state index in [-0.39, 0.29) is 0 Å². The number of alkyl halides is 1. The second kappa shape index (κ2) is 6.12. The van der Waals surface area contributed by atoms with Gasteiger partial charge >= 0.3 is 0 Å². The molecule has 1 aromatic rings. The molecule has 2 nitrogen and oxygen atoms in total. The number of hydrogen-bond acceptors (Lipinski definition) is 2. The van der Waals surface area contributed by atoms with E-state index in [1.807, 2.05) is 12.4 Å². The van der Waals surface area contributed by atoms with Crippen molar-refractivity contribution in [2.24, 2.45) is 5.92 Å². The first kappa shape index (κ1) is 12.5. The van der Waals surface area contributed by atoms with Gasteiger partial charge in [-0.1, -0.05) is 15.9 Å². The van der Waals surface area contributed by atoms with Crippen LogP contribution in [-0.4, -0.2) is 28.3 Å². The number of aromatic nitrogens is 1. The zero-order valence-electron chi connectivity index (χ0n) is 9.20. The van der Waals surface area contributed by atoms with Gasteiger partial charge in [-0.25, -0.2) is 0 Å². The minimum absolute atomic E-state index is 0.814. The SMILES string of the molecule is BrCC1CCCN(Cc2cncc(Br)c2)C1. The molecule has 0 aliphatic carbocycles. The Balaban J connectivity index is 1.94. The molecule has 16 heavy (non-hydrogen) atoms. The van der Waals surface area contributed by atoms with Crippen molar-refractivity contribution in [2.45, 2.75) is 19.4 Å². The number of hydrogen-bond donors (Lipinski definition) is 0. The van der Waals surface area contributed by atoms with Gasteiger partial charge in [-0.3, -0.25) is 9.88 Å². The molecule has 2 heterocycles. The van der Waals surface area contributed by atoms with Crippen LogP contribution < -0.4 is 0 Å². The number of piperidine rings is 1. The fourth-order valence-electron chi connectivity index (χ4n) is 2.22. The molecule has 0 saturated carbocycles. The first-order valence-corrected chi connectivity index (χ1v) is 7.57. The van der Waals surface area contributed by atoms with Crippen LogP contribution in [0, 0.1) is 5.92 Å². The maximum atomic E-state index is 4.21. The number of halogens is 2. The van der Waals surface area contributed by atoms with Crippen LogP contribution in [0.1, 0.15) is 18.4 Å². The average Bonchev–Trinajstić information content (AvgIpc) is 2.29. The second-order valence-electron chi connectivity index (χ2n) is 4.41. The normalized spacial score (nSPS) is 22.2. The van der Waals surface area contributed by atoms with Gasteiger partial charge in [0, 0.05) is 35.3 Å². The lowest BCUT2D eigenvalue weighted by molar-refractivity contribution is 0.179. The van der Waals surface area contributed by atoms with Crippen molar-refractivity contribution in [3.63, 3.8) is 0 Å². The first-order valence-electron chi connectivity index (χ1n) is 5.65. The van der Waals surface area contributed by atoms with Crippen molar-refractivity contribution < 1.29 is 0 Å². The highest BCUT2D eigenvalue weighted by molar-refractivity contribution is 9.10. The van der Waals surface area contributed by atoms with Crippen LogP contribution in [0.3, 0.4) is 0 Å². The Morgan fingerprint density at radius 3 is 3.06 bits per heavy atom. The van der Waals surface area contributed by atoms with Crippen LogP contribution >= 0.6 is 31.9 Å². The lowest BCUT2D eigenvalue weighted by atomic mass is 10.00. The third kappa shape index (κ3) is 3.54. The van der Waals surface area contributed by atoms with E-state index in [0.717, 1.165) is 22.3 Å². The fourth-order valence-corrected chi connectivity index (χ4v) is 3.16. The zero-order valence-corrected chi connectivity index (χ0v) is 12.4. The lowest BCUT2D eigenvalue weighted by Gasteiger charge is -2.31. The van der Waals surface area contributed by atoms with Gasteiger partial charge in [-0.2, -0.15) is 0 Å². The Kier molecular flexibility index (Phi) is 4.79. The molecular formula is C12H16Br2N2. The standard InChI is InChI=1S/C12H16Br2N2/c13-5-10-2-1-3-16(8-10)9-11-4-12(14)7-15-6-11/h4,6-7,10H,1-3,5,8-9H2. The van der Waals surface area contributed by atoms with Gasteiger partial charge in [0.05, 0.1) is 0 Å². The quantitative estimate of drug-likeness (QED) is 0.778. The zero-order chi connectivity index (χ0) is 11.4. The Bertz CT molecular complexity index is 344. The van der Waals surface area contributed by atoms with E-state index < -0.39 is 0 Å². The molecule has 0 amide bonds. The maximum Gasteiger partial charge on any atom is 0.0410 e. The van der Waals surface area contributed by atoms with Gasteiger partial charge in [0.1, 0.15) is 0 Å². The highest BCUT2D eigenvalue weighted by atomic mass is 79.9. The lowest BCUT2D eigenvalue weighted by Crippen LogP contribution is -2.35. The van der Waals surface area contributed by atoms with E-state index in [2.05, 4.69) is 47.8 Å². The van der Waals surface area contributed by atoms with Gasteiger partial charge < -0.3 is 0 Å². The molecule has 1 aliphatic rings. The molecule has 88 valence electrons. The maximum absolute atomic E-state index is 4.21. The molecule has 4 heteroatoms. The highest BCUT2D eigenvalue weighted by Crippen LogP contribution is 2.20. The van der Waals surface area contributed by atoms with Gasteiger partial charge in [0.25, 0.3) is 0 Å². The summed E-state index contributed by atoms with van der Waals surface area (Å²) in [6, 6.07) is 2.16. The summed E-state index contributed by atoms with van der Waals surface area (Å²) in [5.74, 6) is 0.814. The van der Waals surface area contributed by atoms with Gasteiger partial charge in [0.15, 0.2) is 0 Å². The van der Waals surface area contributed by atoms with E-state index >= 15 is 0 Å². The molecular weight excluding hydrogens is 332 g/mol. The van der Waals surface area contributed by atoms with E-state index in [4.69, 9.17) is 0 Å². The molecule has 0 N–H and O–H groups in total. The van der Waals surface area contributed by atoms with Gasteiger partial charge in [-0.15, -0.1) is 0 Å². The third-order valence-corrected chi connectivity index (χ3v) is 4.34. The van der Waals surface area contributed by atoms with Crippen molar-refractivity contribution >= 4 is 31.9 Å². The molecule has 1 atom stereocenters. The predicted molar refractivity (Wildman–Crippen MR) is 73.7 cm³/mol. The van der Waals surface area contributed by atoms with E-state index in [1.165, 1.54) is 31.5 Å². The molecule has 0 bridgehead atoms. The van der Waals surface area contributed by atoms with Crippen molar-refractivity contribution in [3.05, 3.63) is 28.5 Å². The molecule has 1 fully saturated rings. The smallest absolute Gasteiger partial charge is 0.0410 e. The third-order valence-electron chi connectivity index (χ3n) is 2.99. The Labute approximate surface area is 114 Å². The summed E-state index contributed by atoms with van der Waals surface area (Å²) in [4.78, 5) is 6.73. The Hall–Kier alpha value is 0.0700. The summed E-state index contributed by atoms with van der Waals surface area (Å²) in [7, 11) is 0. The number of nitrogens with zero attached hydrogens (tertiary/aromatic N) is 2. The van der Waals surface area contributed by atoms with Crippen LogP contribution in [0.15, 0.2) is 22.9 Å². The second-order valence-corrected chi connectivity index (χ2v) is 5.97. The number of pyridine rings is 1. The number of rotatable bonds is 3. The summed E-state index contributed by atoms with van der Waals surface area (Å²) >= 11 is 7.05. The molecule has 2 rings (SSSR count). The van der Waals surface area contributed by atoms with Crippen molar-refractivity contribution in [1.82, 2.24) is 9.88 Å². The van der Waals surface area contributed by atoms with Crippen LogP contribution in [-0.2, 0) is 6.54 Å². The predicted octanol–water partition coefficient (Wildman–Crippen LogP) is 3.45. The molecule has 1 unspecified atom stereocenters. The van der Waals surface area contributed by atoms with Gasteiger partial charge in [-0.05, 0) is 52.9 Å². The van der Waals surface area contributed by atoms with E-state index in [1.54, 1.807) is 0 Å². The van der Waals surface area contributed by atoms with E-state index in [0.29, 0.717) is 0 Å². The molecule has 1 aliphatic heterocycles. The summed E-state index contributed by atoms with van der Waals surface area (Å²) in [5.41, 5.74) is 1.30. The topological polar surface area (TPSA) is 16.1 Å². The van der Waals surface area contributed by atoms with E-state index in [9.17, 15) is 0 Å². The van der Waals surface area contributed by atoms with Crippen LogP contribution in [0.2, 0.25) is 0 Å². The molecule has 0 aromatic carbocycles. The summed E-state index contributed by atoms with van der Waals surface area (Å²) in [6.45, 7) is 3.45.